The summed E-state index contributed by atoms with van der Waals surface area (Å²) in [7, 11) is 0. The normalized spacial score (nSPS) is 11.5. The van der Waals surface area contributed by atoms with Gasteiger partial charge in [-0.3, -0.25) is 9.59 Å². The second kappa shape index (κ2) is 25.9. The van der Waals surface area contributed by atoms with Crippen molar-refractivity contribution in [3.63, 3.8) is 0 Å². The minimum Gasteiger partial charge on any atom is -0.481 e. The number of aliphatic carboxylic acids is 1. The molecule has 0 aromatic rings. The number of hydrogen-bond acceptors (Lipinski definition) is 5. The number of carboxylic acids is 1. The second-order valence-electron chi connectivity index (χ2n) is 7.98. The molecule has 0 saturated heterocycles. The molecule has 0 aliphatic rings. The quantitative estimate of drug-likeness (QED) is 0.174. The highest BCUT2D eigenvalue weighted by atomic mass is 16.5. The molecular formula is C24H48O6. The van der Waals surface area contributed by atoms with Gasteiger partial charge in [0.25, 0.3) is 0 Å². The molecule has 0 aromatic heterocycles. The van der Waals surface area contributed by atoms with Crippen molar-refractivity contribution in [1.29, 1.82) is 0 Å². The maximum Gasteiger partial charge on any atom is 0.305 e. The van der Waals surface area contributed by atoms with E-state index in [4.69, 9.17) is 20.1 Å². The fourth-order valence-corrected chi connectivity index (χ4v) is 3.01. The Labute approximate surface area is 184 Å². The van der Waals surface area contributed by atoms with Gasteiger partial charge in [0.05, 0.1) is 6.61 Å². The molecule has 0 aromatic carbocycles. The lowest BCUT2D eigenvalue weighted by atomic mass is 10.0. The van der Waals surface area contributed by atoms with Crippen LogP contribution in [-0.2, 0) is 14.3 Å². The van der Waals surface area contributed by atoms with E-state index in [1.54, 1.807) is 0 Å². The van der Waals surface area contributed by atoms with Gasteiger partial charge in [-0.15, -0.1) is 0 Å². The number of esters is 1. The lowest BCUT2D eigenvalue weighted by Gasteiger charge is -2.14. The van der Waals surface area contributed by atoms with Crippen LogP contribution in [-0.4, -0.2) is 47.1 Å². The Hall–Kier alpha value is -1.14. The van der Waals surface area contributed by atoms with Crippen LogP contribution < -0.4 is 0 Å². The predicted octanol–water partition coefficient (Wildman–Crippen LogP) is 5.48. The van der Waals surface area contributed by atoms with Crippen molar-refractivity contribution in [1.82, 2.24) is 0 Å². The van der Waals surface area contributed by atoms with Crippen molar-refractivity contribution in [2.45, 2.75) is 117 Å². The first-order valence-electron chi connectivity index (χ1n) is 12.1. The summed E-state index contributed by atoms with van der Waals surface area (Å²) in [5.41, 5.74) is 0. The van der Waals surface area contributed by atoms with Gasteiger partial charge >= 0.3 is 11.9 Å². The summed E-state index contributed by atoms with van der Waals surface area (Å²) in [6.45, 7) is 5.47. The lowest BCUT2D eigenvalue weighted by molar-refractivity contribution is -0.145. The number of aliphatic hydroxyl groups excluding tert-OH is 2. The van der Waals surface area contributed by atoms with Crippen LogP contribution in [0.3, 0.4) is 0 Å². The van der Waals surface area contributed by atoms with Crippen molar-refractivity contribution in [2.24, 2.45) is 5.92 Å². The number of carbonyl (C=O) groups is 2. The van der Waals surface area contributed by atoms with E-state index >= 15 is 0 Å². The van der Waals surface area contributed by atoms with Gasteiger partial charge in [-0.2, -0.15) is 0 Å². The Morgan fingerprint density at radius 2 is 1.23 bits per heavy atom. The number of hydrogen-bond donors (Lipinski definition) is 3. The molecule has 0 amide bonds. The SMILES string of the molecule is CCCCC(CC)COC(=O)CCCCCCCCC(=O)O.OCCCCCCO. The maximum absolute atomic E-state index is 11.7. The summed E-state index contributed by atoms with van der Waals surface area (Å²) in [6.07, 6.45) is 15.0. The highest BCUT2D eigenvalue weighted by molar-refractivity contribution is 5.69. The standard InChI is InChI=1S/C18H34O4.C6H14O2/c1-3-5-12-16(4-2)15-22-18(21)14-11-9-7-6-8-10-13-17(19)20;7-5-3-1-2-4-6-8/h16H,3-15H2,1-2H3,(H,19,20);7-8H,1-6H2. The number of ether oxygens (including phenoxy) is 1. The van der Waals surface area contributed by atoms with Gasteiger partial charge in [0.15, 0.2) is 0 Å². The first kappa shape index (κ1) is 31.0. The van der Waals surface area contributed by atoms with E-state index in [2.05, 4.69) is 13.8 Å². The van der Waals surface area contributed by atoms with E-state index in [0.29, 0.717) is 18.9 Å². The van der Waals surface area contributed by atoms with Gasteiger partial charge in [-0.05, 0) is 38.0 Å². The van der Waals surface area contributed by atoms with Crippen molar-refractivity contribution in [3.8, 4) is 0 Å². The molecule has 0 saturated carbocycles. The topological polar surface area (TPSA) is 104 Å². The van der Waals surface area contributed by atoms with E-state index < -0.39 is 5.97 Å². The highest BCUT2D eigenvalue weighted by Gasteiger charge is 2.09. The van der Waals surface area contributed by atoms with Gasteiger partial charge in [0.1, 0.15) is 0 Å². The molecule has 180 valence electrons. The van der Waals surface area contributed by atoms with Crippen LogP contribution in [0.15, 0.2) is 0 Å². The summed E-state index contributed by atoms with van der Waals surface area (Å²) in [6, 6.07) is 0. The van der Waals surface area contributed by atoms with Gasteiger partial charge in [-0.1, -0.05) is 71.6 Å². The third kappa shape index (κ3) is 26.9. The van der Waals surface area contributed by atoms with Gasteiger partial charge in [0.2, 0.25) is 0 Å². The van der Waals surface area contributed by atoms with E-state index in [1.165, 1.54) is 12.8 Å². The molecule has 30 heavy (non-hydrogen) atoms. The van der Waals surface area contributed by atoms with Crippen LogP contribution in [0.5, 0.6) is 0 Å². The van der Waals surface area contributed by atoms with Crippen LogP contribution in [0, 0.1) is 5.92 Å². The third-order valence-corrected chi connectivity index (χ3v) is 5.11. The zero-order valence-corrected chi connectivity index (χ0v) is 19.6. The Kier molecular flexibility index (Phi) is 26.8. The van der Waals surface area contributed by atoms with E-state index in [0.717, 1.165) is 77.0 Å². The monoisotopic (exact) mass is 432 g/mol. The Morgan fingerprint density at radius 3 is 1.70 bits per heavy atom. The molecule has 6 nitrogen and oxygen atoms in total. The Balaban J connectivity index is 0. The summed E-state index contributed by atoms with van der Waals surface area (Å²) in [5.74, 6) is -0.272. The number of unbranched alkanes of at least 4 members (excludes halogenated alkanes) is 9. The molecule has 0 rings (SSSR count). The van der Waals surface area contributed by atoms with Gasteiger partial charge < -0.3 is 20.1 Å². The molecule has 3 N–H and O–H groups in total. The van der Waals surface area contributed by atoms with Crippen LogP contribution in [0.25, 0.3) is 0 Å². The first-order chi connectivity index (χ1) is 14.5. The zero-order valence-electron chi connectivity index (χ0n) is 19.6. The van der Waals surface area contributed by atoms with Gasteiger partial charge in [-0.25, -0.2) is 0 Å². The van der Waals surface area contributed by atoms with E-state index in [9.17, 15) is 9.59 Å². The molecule has 1 atom stereocenters. The van der Waals surface area contributed by atoms with Crippen LogP contribution in [0.4, 0.5) is 0 Å². The van der Waals surface area contributed by atoms with Crippen molar-refractivity contribution < 1.29 is 29.6 Å². The van der Waals surface area contributed by atoms with Crippen LogP contribution >= 0.6 is 0 Å². The zero-order chi connectivity index (χ0) is 22.9. The van der Waals surface area contributed by atoms with Crippen LogP contribution in [0.1, 0.15) is 117 Å². The van der Waals surface area contributed by atoms with Gasteiger partial charge in [0, 0.05) is 26.1 Å². The summed E-state index contributed by atoms with van der Waals surface area (Å²) in [4.78, 5) is 22.0. The van der Waals surface area contributed by atoms with Crippen LogP contribution in [0.2, 0.25) is 0 Å². The molecule has 1 unspecified atom stereocenters. The number of carboxylic acid groups (broad SMARTS) is 1. The summed E-state index contributed by atoms with van der Waals surface area (Å²) >= 11 is 0. The fourth-order valence-electron chi connectivity index (χ4n) is 3.01. The average Bonchev–Trinajstić information content (AvgIpc) is 2.73. The predicted molar refractivity (Wildman–Crippen MR) is 121 cm³/mol. The molecule has 6 heteroatoms. The third-order valence-electron chi connectivity index (χ3n) is 5.11. The Bertz CT molecular complexity index is 367. The van der Waals surface area contributed by atoms with E-state index in [-0.39, 0.29) is 25.6 Å². The molecule has 0 bridgehead atoms. The number of carbonyl (C=O) groups excluding carboxylic acids is 1. The first-order valence-corrected chi connectivity index (χ1v) is 12.1. The van der Waals surface area contributed by atoms with Crippen molar-refractivity contribution in [2.75, 3.05) is 19.8 Å². The summed E-state index contributed by atoms with van der Waals surface area (Å²) < 4.78 is 5.36. The molecule has 0 aliphatic carbocycles. The molecule has 0 spiro atoms. The second-order valence-corrected chi connectivity index (χ2v) is 7.98. The number of aliphatic hydroxyl groups is 2. The van der Waals surface area contributed by atoms with Crippen molar-refractivity contribution >= 4 is 11.9 Å². The molecule has 0 fully saturated rings. The van der Waals surface area contributed by atoms with Crippen molar-refractivity contribution in [3.05, 3.63) is 0 Å². The Morgan fingerprint density at radius 1 is 0.733 bits per heavy atom. The molecular weight excluding hydrogens is 384 g/mol. The molecule has 0 aliphatic heterocycles. The fraction of sp³-hybridized carbons (Fsp3) is 0.917. The molecule has 0 radical (unpaired) electrons. The number of rotatable bonds is 20. The average molecular weight is 433 g/mol. The highest BCUT2D eigenvalue weighted by Crippen LogP contribution is 2.14. The minimum absolute atomic E-state index is 0.0687. The smallest absolute Gasteiger partial charge is 0.305 e. The van der Waals surface area contributed by atoms with E-state index in [1.807, 2.05) is 0 Å². The summed E-state index contributed by atoms with van der Waals surface area (Å²) in [5, 5.41) is 25.1. The molecule has 0 heterocycles. The largest absolute Gasteiger partial charge is 0.481 e. The minimum atomic E-state index is -0.716. The lowest BCUT2D eigenvalue weighted by Crippen LogP contribution is -2.13. The maximum atomic E-state index is 11.7.